The summed E-state index contributed by atoms with van der Waals surface area (Å²) in [5.74, 6) is 1.19. The van der Waals surface area contributed by atoms with E-state index in [0.29, 0.717) is 24.1 Å². The Kier molecular flexibility index (Phi) is 4.76. The van der Waals surface area contributed by atoms with Gasteiger partial charge >= 0.3 is 6.03 Å². The van der Waals surface area contributed by atoms with Gasteiger partial charge < -0.3 is 10.2 Å². The highest BCUT2D eigenvalue weighted by Gasteiger charge is 2.25. The van der Waals surface area contributed by atoms with Gasteiger partial charge in [-0.1, -0.05) is 13.8 Å². The van der Waals surface area contributed by atoms with Gasteiger partial charge in [-0.3, -0.25) is 4.79 Å². The van der Waals surface area contributed by atoms with E-state index in [2.05, 4.69) is 29.4 Å². The maximum Gasteiger partial charge on any atom is 0.317 e. The third kappa shape index (κ3) is 3.82. The van der Waals surface area contributed by atoms with Gasteiger partial charge in [-0.25, -0.2) is 9.89 Å². The van der Waals surface area contributed by atoms with Gasteiger partial charge in [0, 0.05) is 19.2 Å². The van der Waals surface area contributed by atoms with Gasteiger partial charge in [-0.15, -0.1) is 0 Å². The molecule has 1 aromatic heterocycles. The molecule has 0 aromatic carbocycles. The summed E-state index contributed by atoms with van der Waals surface area (Å²) in [5, 5.41) is 9.07. The fourth-order valence-electron chi connectivity index (χ4n) is 2.49. The monoisotopic (exact) mass is 278 g/mol. The maximum absolute atomic E-state index is 12.1. The summed E-state index contributed by atoms with van der Waals surface area (Å²) in [6, 6.07) is 2.97. The number of hydrogen-bond donors (Lipinski definition) is 2. The first-order valence-electron chi connectivity index (χ1n) is 7.13. The topological polar surface area (TPSA) is 78.1 Å². The number of piperidine rings is 1. The molecule has 6 nitrogen and oxygen atoms in total. The second kappa shape index (κ2) is 6.54. The molecule has 2 amide bonds. The molecule has 2 N–H and O–H groups in total. The summed E-state index contributed by atoms with van der Waals surface area (Å²) in [5.41, 5.74) is 0.409. The van der Waals surface area contributed by atoms with Crippen molar-refractivity contribution in [2.45, 2.75) is 33.2 Å². The van der Waals surface area contributed by atoms with Gasteiger partial charge in [0.05, 0.1) is 12.2 Å². The predicted molar refractivity (Wildman–Crippen MR) is 76.2 cm³/mol. The van der Waals surface area contributed by atoms with Gasteiger partial charge in [0.2, 0.25) is 0 Å². The van der Waals surface area contributed by atoms with Crippen molar-refractivity contribution < 1.29 is 4.79 Å². The third-order valence-electron chi connectivity index (χ3n) is 3.85. The molecular formula is C14H22N4O2. The normalized spacial score (nSPS) is 19.1. The standard InChI is InChI=1S/C14H22N4O2/c1-10(2)11-4-3-7-18(9-11)14(20)15-8-12-5-6-13(19)17-16-12/h5-6,10-11H,3-4,7-9H2,1-2H3,(H,15,20)(H,17,19). The summed E-state index contributed by atoms with van der Waals surface area (Å²) in [6.07, 6.45) is 2.26. The Bertz CT molecular complexity index is 492. The first-order chi connectivity index (χ1) is 9.56. The first-order valence-corrected chi connectivity index (χ1v) is 7.13. The minimum atomic E-state index is -0.240. The Morgan fingerprint density at radius 2 is 2.35 bits per heavy atom. The summed E-state index contributed by atoms with van der Waals surface area (Å²) >= 11 is 0. The van der Waals surface area contributed by atoms with Gasteiger partial charge in [0.15, 0.2) is 0 Å². The second-order valence-corrected chi connectivity index (χ2v) is 5.66. The summed E-state index contributed by atoms with van der Waals surface area (Å²) < 4.78 is 0. The fourth-order valence-corrected chi connectivity index (χ4v) is 2.49. The van der Waals surface area contributed by atoms with Crippen molar-refractivity contribution in [2.24, 2.45) is 11.8 Å². The maximum atomic E-state index is 12.1. The molecule has 1 aliphatic rings. The molecule has 0 radical (unpaired) electrons. The molecule has 110 valence electrons. The van der Waals surface area contributed by atoms with Crippen molar-refractivity contribution in [3.05, 3.63) is 28.2 Å². The molecule has 1 atom stereocenters. The Morgan fingerprint density at radius 3 is 3.00 bits per heavy atom. The number of H-pyrrole nitrogens is 1. The Hall–Kier alpha value is -1.85. The van der Waals surface area contributed by atoms with Crippen molar-refractivity contribution in [2.75, 3.05) is 13.1 Å². The van der Waals surface area contributed by atoms with Crippen molar-refractivity contribution in [1.82, 2.24) is 20.4 Å². The van der Waals surface area contributed by atoms with Crippen LogP contribution in [0.15, 0.2) is 16.9 Å². The van der Waals surface area contributed by atoms with Crippen LogP contribution in [0.5, 0.6) is 0 Å². The number of nitrogens with zero attached hydrogens (tertiary/aromatic N) is 2. The highest BCUT2D eigenvalue weighted by atomic mass is 16.2. The highest BCUT2D eigenvalue weighted by Crippen LogP contribution is 2.23. The van der Waals surface area contributed by atoms with Gasteiger partial charge in [0.1, 0.15) is 0 Å². The molecular weight excluding hydrogens is 256 g/mol. The summed E-state index contributed by atoms with van der Waals surface area (Å²) in [4.78, 5) is 24.9. The third-order valence-corrected chi connectivity index (χ3v) is 3.85. The number of nitrogens with one attached hydrogen (secondary N) is 2. The molecule has 1 saturated heterocycles. The van der Waals surface area contributed by atoms with Crippen molar-refractivity contribution in [1.29, 1.82) is 0 Å². The molecule has 6 heteroatoms. The van der Waals surface area contributed by atoms with Gasteiger partial charge in [-0.2, -0.15) is 5.10 Å². The zero-order chi connectivity index (χ0) is 14.5. The molecule has 2 rings (SSSR count). The number of carbonyl (C=O) groups is 1. The van der Waals surface area contributed by atoms with Crippen LogP contribution in [0.2, 0.25) is 0 Å². The van der Waals surface area contributed by atoms with Crippen LogP contribution in [-0.4, -0.2) is 34.2 Å². The molecule has 1 unspecified atom stereocenters. The molecule has 0 bridgehead atoms. The van der Waals surface area contributed by atoms with E-state index in [9.17, 15) is 9.59 Å². The lowest BCUT2D eigenvalue weighted by molar-refractivity contribution is 0.148. The van der Waals surface area contributed by atoms with Crippen LogP contribution in [-0.2, 0) is 6.54 Å². The average Bonchev–Trinajstić information content (AvgIpc) is 2.46. The van der Waals surface area contributed by atoms with Gasteiger partial charge in [-0.05, 0) is 30.7 Å². The largest absolute Gasteiger partial charge is 0.332 e. The second-order valence-electron chi connectivity index (χ2n) is 5.66. The van der Waals surface area contributed by atoms with Crippen LogP contribution in [0.25, 0.3) is 0 Å². The molecule has 0 aliphatic carbocycles. The van der Waals surface area contributed by atoms with E-state index < -0.39 is 0 Å². The van der Waals surface area contributed by atoms with E-state index in [0.717, 1.165) is 19.5 Å². The number of urea groups is 1. The molecule has 1 aliphatic heterocycles. The van der Waals surface area contributed by atoms with E-state index in [1.165, 1.54) is 12.5 Å². The Labute approximate surface area is 118 Å². The minimum Gasteiger partial charge on any atom is -0.332 e. The summed E-state index contributed by atoms with van der Waals surface area (Å²) in [6.45, 7) is 6.38. The van der Waals surface area contributed by atoms with Crippen molar-refractivity contribution in [3.63, 3.8) is 0 Å². The van der Waals surface area contributed by atoms with Gasteiger partial charge in [0.25, 0.3) is 5.56 Å². The number of aromatic nitrogens is 2. The lowest BCUT2D eigenvalue weighted by Crippen LogP contribution is -2.46. The van der Waals surface area contributed by atoms with Crippen LogP contribution >= 0.6 is 0 Å². The molecule has 1 fully saturated rings. The van der Waals surface area contributed by atoms with Crippen molar-refractivity contribution in [3.8, 4) is 0 Å². The van der Waals surface area contributed by atoms with E-state index >= 15 is 0 Å². The van der Waals surface area contributed by atoms with E-state index in [1.54, 1.807) is 6.07 Å². The lowest BCUT2D eigenvalue weighted by atomic mass is 9.88. The minimum absolute atomic E-state index is 0.0525. The molecule has 20 heavy (non-hydrogen) atoms. The molecule has 0 spiro atoms. The molecule has 0 saturated carbocycles. The molecule has 1 aromatic rings. The zero-order valence-electron chi connectivity index (χ0n) is 12.1. The quantitative estimate of drug-likeness (QED) is 0.876. The Balaban J connectivity index is 1.85. The number of rotatable bonds is 3. The zero-order valence-corrected chi connectivity index (χ0v) is 12.1. The Morgan fingerprint density at radius 1 is 1.55 bits per heavy atom. The number of amides is 2. The number of aromatic amines is 1. The average molecular weight is 278 g/mol. The molecule has 2 heterocycles. The number of hydrogen-bond acceptors (Lipinski definition) is 3. The van der Waals surface area contributed by atoms with Crippen molar-refractivity contribution >= 4 is 6.03 Å². The van der Waals surface area contributed by atoms with Crippen LogP contribution in [0.4, 0.5) is 4.79 Å². The first kappa shape index (κ1) is 14.6. The smallest absolute Gasteiger partial charge is 0.317 e. The van der Waals surface area contributed by atoms with Crippen LogP contribution in [0.3, 0.4) is 0 Å². The fraction of sp³-hybridized carbons (Fsp3) is 0.643. The van der Waals surface area contributed by atoms with E-state index in [4.69, 9.17) is 0 Å². The SMILES string of the molecule is CC(C)C1CCCN(C(=O)NCc2ccc(=O)[nH]n2)C1. The van der Waals surface area contributed by atoms with Crippen LogP contribution < -0.4 is 10.9 Å². The van der Waals surface area contributed by atoms with E-state index in [-0.39, 0.29) is 11.6 Å². The van der Waals surface area contributed by atoms with Crippen LogP contribution in [0, 0.1) is 11.8 Å². The lowest BCUT2D eigenvalue weighted by Gasteiger charge is -2.34. The number of likely N-dealkylation sites (tertiary alicyclic amines) is 1. The van der Waals surface area contributed by atoms with Crippen LogP contribution in [0.1, 0.15) is 32.4 Å². The number of carbonyl (C=O) groups excluding carboxylic acids is 1. The summed E-state index contributed by atoms with van der Waals surface area (Å²) in [7, 11) is 0. The predicted octanol–water partition coefficient (Wildman–Crippen LogP) is 1.35. The van der Waals surface area contributed by atoms with E-state index in [1.807, 2.05) is 4.90 Å². The highest BCUT2D eigenvalue weighted by molar-refractivity contribution is 5.74.